The van der Waals surface area contributed by atoms with Crippen LogP contribution in [0.5, 0.6) is 0 Å². The van der Waals surface area contributed by atoms with Crippen molar-refractivity contribution in [2.45, 2.75) is 96.3 Å². The van der Waals surface area contributed by atoms with E-state index in [1.165, 1.54) is 0 Å². The second kappa shape index (κ2) is 16.5. The zero-order valence-corrected chi connectivity index (χ0v) is 16.6. The molecule has 0 spiro atoms. The Morgan fingerprint density at radius 1 is 0.407 bits per heavy atom. The van der Waals surface area contributed by atoms with Gasteiger partial charge in [-0.05, 0) is 13.3 Å². The number of unbranched alkanes of at least 4 members (excludes halogenated alkanes) is 4. The highest BCUT2D eigenvalue weighted by Crippen LogP contribution is 2.09. The van der Waals surface area contributed by atoms with E-state index in [2.05, 4.69) is 13.8 Å². The molecule has 0 rings (SSSR count). The van der Waals surface area contributed by atoms with Gasteiger partial charge in [0.05, 0.1) is 0 Å². The maximum absolute atomic E-state index is 11.8. The van der Waals surface area contributed by atoms with Crippen LogP contribution in [0, 0.1) is 13.8 Å². The maximum Gasteiger partial charge on any atom is 0.133 e. The van der Waals surface area contributed by atoms with Crippen molar-refractivity contribution in [3.05, 3.63) is 13.8 Å². The van der Waals surface area contributed by atoms with Gasteiger partial charge in [0, 0.05) is 64.2 Å². The van der Waals surface area contributed by atoms with Gasteiger partial charge in [0.1, 0.15) is 28.9 Å². The number of Topliss-reactive ketones (excluding diaryl/α,β-unsaturated/α-hetero) is 5. The molecule has 0 unspecified atom stereocenters. The van der Waals surface area contributed by atoms with Crippen LogP contribution in [0.1, 0.15) is 96.3 Å². The molecule has 27 heavy (non-hydrogen) atoms. The highest BCUT2D eigenvalue weighted by Gasteiger charge is 2.12. The first-order valence-electron chi connectivity index (χ1n) is 10.1. The van der Waals surface area contributed by atoms with Gasteiger partial charge in [-0.15, -0.1) is 0 Å². The Hall–Kier alpha value is -1.65. The van der Waals surface area contributed by atoms with Gasteiger partial charge in [-0.3, -0.25) is 24.0 Å². The molecule has 0 amide bonds. The molecule has 0 heterocycles. The Balaban J connectivity index is 3.73. The molecule has 5 nitrogen and oxygen atoms in total. The Labute approximate surface area is 163 Å². The van der Waals surface area contributed by atoms with Crippen molar-refractivity contribution in [3.63, 3.8) is 0 Å². The van der Waals surface area contributed by atoms with Gasteiger partial charge in [0.2, 0.25) is 0 Å². The Kier molecular flexibility index (Phi) is 15.5. The Morgan fingerprint density at radius 2 is 0.741 bits per heavy atom. The van der Waals surface area contributed by atoms with Crippen molar-refractivity contribution in [2.75, 3.05) is 0 Å². The van der Waals surface area contributed by atoms with E-state index in [1.807, 2.05) is 0 Å². The molecule has 0 bridgehead atoms. The first kappa shape index (κ1) is 25.4. The van der Waals surface area contributed by atoms with Gasteiger partial charge >= 0.3 is 0 Å². The van der Waals surface area contributed by atoms with Gasteiger partial charge in [-0.2, -0.15) is 0 Å². The molecule has 0 aliphatic heterocycles. The van der Waals surface area contributed by atoms with E-state index >= 15 is 0 Å². The summed E-state index contributed by atoms with van der Waals surface area (Å²) in [5, 5.41) is 0. The molecule has 0 aromatic carbocycles. The van der Waals surface area contributed by atoms with E-state index in [1.54, 1.807) is 0 Å². The molecule has 0 saturated heterocycles. The quantitative estimate of drug-likeness (QED) is 0.312. The summed E-state index contributed by atoms with van der Waals surface area (Å²) < 4.78 is 0. The molecule has 0 saturated carbocycles. The van der Waals surface area contributed by atoms with Crippen LogP contribution in [0.15, 0.2) is 0 Å². The van der Waals surface area contributed by atoms with Crippen molar-refractivity contribution >= 4 is 28.9 Å². The minimum Gasteiger partial charge on any atom is -0.300 e. The van der Waals surface area contributed by atoms with Gasteiger partial charge in [-0.1, -0.05) is 32.6 Å². The third kappa shape index (κ3) is 16.3. The van der Waals surface area contributed by atoms with Crippen molar-refractivity contribution in [1.82, 2.24) is 0 Å². The Morgan fingerprint density at radius 3 is 1.11 bits per heavy atom. The molecule has 152 valence electrons. The minimum absolute atomic E-state index is 0.0620. The maximum atomic E-state index is 11.8. The second-order valence-corrected chi connectivity index (χ2v) is 6.96. The number of ketones is 5. The van der Waals surface area contributed by atoms with Crippen LogP contribution in [0.2, 0.25) is 0 Å². The van der Waals surface area contributed by atoms with E-state index in [9.17, 15) is 24.0 Å². The molecule has 0 atom stereocenters. The van der Waals surface area contributed by atoms with Gasteiger partial charge < -0.3 is 0 Å². The fourth-order valence-corrected chi connectivity index (χ4v) is 2.59. The lowest BCUT2D eigenvalue weighted by Gasteiger charge is -2.03. The minimum atomic E-state index is -0.128. The SMILES string of the molecule is [CH2]CCCCCCC(=O)CCC(=O)CCC(=O)CCC(=O)CCC(=O)C[CH2]. The second-order valence-electron chi connectivity index (χ2n) is 6.96. The fourth-order valence-electron chi connectivity index (χ4n) is 2.59. The fraction of sp³-hybridized carbons (Fsp3) is 0.682. The molecule has 5 heteroatoms. The normalized spacial score (nSPS) is 10.6. The largest absolute Gasteiger partial charge is 0.300 e. The van der Waals surface area contributed by atoms with E-state index < -0.39 is 0 Å². The lowest BCUT2D eigenvalue weighted by Crippen LogP contribution is -2.09. The number of hydrogen-bond donors (Lipinski definition) is 0. The molecule has 0 aromatic heterocycles. The average Bonchev–Trinajstić information content (AvgIpc) is 2.66. The molecule has 0 aromatic rings. The van der Waals surface area contributed by atoms with E-state index in [-0.39, 0.29) is 86.7 Å². The predicted molar refractivity (Wildman–Crippen MR) is 105 cm³/mol. The summed E-state index contributed by atoms with van der Waals surface area (Å²) >= 11 is 0. The standard InChI is InChI=1S/C22H34O5/c1-3-5-6-7-8-9-19(24)12-13-21(26)16-17-22(27)15-14-20(25)11-10-18(23)4-2/h1-17H2. The van der Waals surface area contributed by atoms with Crippen LogP contribution >= 0.6 is 0 Å². The highest BCUT2D eigenvalue weighted by molar-refractivity contribution is 5.91. The first-order valence-corrected chi connectivity index (χ1v) is 10.1. The van der Waals surface area contributed by atoms with Crippen molar-refractivity contribution in [3.8, 4) is 0 Å². The van der Waals surface area contributed by atoms with Crippen LogP contribution in [0.3, 0.4) is 0 Å². The topological polar surface area (TPSA) is 85.3 Å². The summed E-state index contributed by atoms with van der Waals surface area (Å²) in [5.74, 6) is -0.282. The van der Waals surface area contributed by atoms with Crippen molar-refractivity contribution < 1.29 is 24.0 Å². The molecule has 0 fully saturated rings. The Bertz CT molecular complexity index is 493. The number of carbonyl (C=O) groups excluding carboxylic acids is 5. The van der Waals surface area contributed by atoms with Crippen LogP contribution in [-0.4, -0.2) is 28.9 Å². The summed E-state index contributed by atoms with van der Waals surface area (Å²) in [6, 6.07) is 0. The highest BCUT2D eigenvalue weighted by atomic mass is 16.1. The molecule has 0 aliphatic carbocycles. The van der Waals surface area contributed by atoms with Crippen LogP contribution in [-0.2, 0) is 24.0 Å². The smallest absolute Gasteiger partial charge is 0.133 e. The zero-order chi connectivity index (χ0) is 20.5. The zero-order valence-electron chi connectivity index (χ0n) is 16.6. The average molecular weight is 379 g/mol. The van der Waals surface area contributed by atoms with Crippen LogP contribution < -0.4 is 0 Å². The molecule has 2 radical (unpaired) electrons. The van der Waals surface area contributed by atoms with E-state index in [4.69, 9.17) is 0 Å². The molecular formula is C22H34O5. The first-order chi connectivity index (χ1) is 12.9. The third-order valence-corrected chi connectivity index (χ3v) is 4.47. The van der Waals surface area contributed by atoms with Gasteiger partial charge in [0.25, 0.3) is 0 Å². The third-order valence-electron chi connectivity index (χ3n) is 4.47. The lowest BCUT2D eigenvalue weighted by molar-refractivity contribution is -0.127. The molecule has 0 N–H and O–H groups in total. The molecule has 0 aliphatic rings. The molecular weight excluding hydrogens is 344 g/mol. The van der Waals surface area contributed by atoms with Crippen LogP contribution in [0.25, 0.3) is 0 Å². The van der Waals surface area contributed by atoms with Crippen molar-refractivity contribution in [2.24, 2.45) is 0 Å². The van der Waals surface area contributed by atoms with E-state index in [0.29, 0.717) is 6.42 Å². The summed E-state index contributed by atoms with van der Waals surface area (Å²) in [6.45, 7) is 7.24. The van der Waals surface area contributed by atoms with E-state index in [0.717, 1.165) is 32.1 Å². The summed E-state index contributed by atoms with van der Waals surface area (Å²) in [6.07, 6.45) is 6.91. The number of rotatable bonds is 19. The van der Waals surface area contributed by atoms with Crippen molar-refractivity contribution in [1.29, 1.82) is 0 Å². The van der Waals surface area contributed by atoms with Gasteiger partial charge in [0.15, 0.2) is 0 Å². The summed E-state index contributed by atoms with van der Waals surface area (Å²) in [5.41, 5.74) is 0. The lowest BCUT2D eigenvalue weighted by atomic mass is 10.0. The van der Waals surface area contributed by atoms with Crippen LogP contribution in [0.4, 0.5) is 0 Å². The van der Waals surface area contributed by atoms with Gasteiger partial charge in [-0.25, -0.2) is 0 Å². The summed E-state index contributed by atoms with van der Waals surface area (Å²) in [4.78, 5) is 58.0. The predicted octanol–water partition coefficient (Wildman–Crippen LogP) is 4.35. The number of carbonyl (C=O) groups is 5. The summed E-state index contributed by atoms with van der Waals surface area (Å²) in [7, 11) is 0. The number of hydrogen-bond acceptors (Lipinski definition) is 5. The monoisotopic (exact) mass is 378 g/mol.